The second-order valence-electron chi connectivity index (χ2n) is 5.88. The van der Waals surface area contributed by atoms with E-state index in [0.29, 0.717) is 35.7 Å². The number of hydrogen-bond acceptors (Lipinski definition) is 7. The Bertz CT molecular complexity index is 1150. The topological polar surface area (TPSA) is 115 Å². The third-order valence-corrected chi connectivity index (χ3v) is 3.96. The first-order valence-corrected chi connectivity index (χ1v) is 8.59. The van der Waals surface area contributed by atoms with Gasteiger partial charge < -0.3 is 15.1 Å². The fraction of sp³-hybridized carbons (Fsp3) is 0.105. The van der Waals surface area contributed by atoms with Gasteiger partial charge in [-0.3, -0.25) is 9.59 Å². The summed E-state index contributed by atoms with van der Waals surface area (Å²) in [5, 5.41) is 18.4. The highest BCUT2D eigenvalue weighted by Gasteiger charge is 2.11. The zero-order chi connectivity index (χ0) is 19.3. The molecule has 0 saturated carbocycles. The SMILES string of the molecule is O=C(NCCNc1ccc(-n2cccn2)nn1)c1cc(=O)c2ccccc2o1. The molecule has 0 spiro atoms. The molecule has 0 aliphatic carbocycles. The number of nitrogens with one attached hydrogen (secondary N) is 2. The summed E-state index contributed by atoms with van der Waals surface area (Å²) in [6, 6.07) is 13.4. The summed E-state index contributed by atoms with van der Waals surface area (Å²) in [4.78, 5) is 24.3. The maximum Gasteiger partial charge on any atom is 0.287 e. The number of para-hydroxylation sites is 1. The van der Waals surface area contributed by atoms with E-state index < -0.39 is 5.91 Å². The van der Waals surface area contributed by atoms with E-state index >= 15 is 0 Å². The molecule has 3 aromatic heterocycles. The summed E-state index contributed by atoms with van der Waals surface area (Å²) in [6.07, 6.45) is 3.44. The molecule has 9 heteroatoms. The fourth-order valence-electron chi connectivity index (χ4n) is 2.62. The molecular weight excluding hydrogens is 360 g/mol. The average molecular weight is 376 g/mol. The Morgan fingerprint density at radius 1 is 1.07 bits per heavy atom. The molecular formula is C19H16N6O3. The van der Waals surface area contributed by atoms with Crippen LogP contribution in [0.3, 0.4) is 0 Å². The average Bonchev–Trinajstić information content (AvgIpc) is 3.26. The molecule has 0 saturated heterocycles. The van der Waals surface area contributed by atoms with Gasteiger partial charge in [-0.05, 0) is 30.3 Å². The minimum atomic E-state index is -0.454. The number of rotatable bonds is 6. The minimum Gasteiger partial charge on any atom is -0.451 e. The number of hydrogen-bond donors (Lipinski definition) is 2. The lowest BCUT2D eigenvalue weighted by Gasteiger charge is -2.07. The lowest BCUT2D eigenvalue weighted by atomic mass is 10.2. The predicted molar refractivity (Wildman–Crippen MR) is 102 cm³/mol. The second kappa shape index (κ2) is 7.70. The lowest BCUT2D eigenvalue weighted by molar-refractivity contribution is 0.0928. The van der Waals surface area contributed by atoms with Crippen LogP contribution in [-0.4, -0.2) is 39.0 Å². The van der Waals surface area contributed by atoms with Crippen LogP contribution < -0.4 is 16.1 Å². The summed E-state index contributed by atoms with van der Waals surface area (Å²) in [7, 11) is 0. The van der Waals surface area contributed by atoms with E-state index in [1.54, 1.807) is 59.5 Å². The fourth-order valence-corrected chi connectivity index (χ4v) is 2.62. The Morgan fingerprint density at radius 2 is 1.96 bits per heavy atom. The normalized spacial score (nSPS) is 10.7. The van der Waals surface area contributed by atoms with Crippen LogP contribution in [0, 0.1) is 0 Å². The quantitative estimate of drug-likeness (QED) is 0.491. The van der Waals surface area contributed by atoms with Gasteiger partial charge in [-0.15, -0.1) is 10.2 Å². The number of fused-ring (bicyclic) bond motifs is 1. The van der Waals surface area contributed by atoms with Crippen LogP contribution in [-0.2, 0) is 0 Å². The Hall–Kier alpha value is -4.01. The molecule has 1 amide bonds. The Kier molecular flexibility index (Phi) is 4.79. The maximum atomic E-state index is 12.2. The zero-order valence-electron chi connectivity index (χ0n) is 14.7. The number of benzene rings is 1. The monoisotopic (exact) mass is 376 g/mol. The van der Waals surface area contributed by atoms with Crippen LogP contribution in [0.25, 0.3) is 16.8 Å². The van der Waals surface area contributed by atoms with E-state index in [9.17, 15) is 9.59 Å². The second-order valence-corrected chi connectivity index (χ2v) is 5.88. The Balaban J connectivity index is 1.31. The van der Waals surface area contributed by atoms with Gasteiger partial charge in [-0.2, -0.15) is 5.10 Å². The van der Waals surface area contributed by atoms with E-state index in [2.05, 4.69) is 25.9 Å². The van der Waals surface area contributed by atoms with E-state index in [0.717, 1.165) is 0 Å². The number of nitrogens with zero attached hydrogens (tertiary/aromatic N) is 4. The van der Waals surface area contributed by atoms with Crippen LogP contribution in [0.15, 0.2) is 70.1 Å². The summed E-state index contributed by atoms with van der Waals surface area (Å²) in [6.45, 7) is 0.747. The van der Waals surface area contributed by atoms with E-state index in [1.807, 2.05) is 0 Å². The van der Waals surface area contributed by atoms with Gasteiger partial charge in [-0.1, -0.05) is 12.1 Å². The lowest BCUT2D eigenvalue weighted by Crippen LogP contribution is -2.29. The Morgan fingerprint density at radius 3 is 2.75 bits per heavy atom. The molecule has 4 rings (SSSR count). The maximum absolute atomic E-state index is 12.2. The molecule has 0 fully saturated rings. The summed E-state index contributed by atoms with van der Waals surface area (Å²) in [5.41, 5.74) is 0.128. The van der Waals surface area contributed by atoms with Crippen molar-refractivity contribution >= 4 is 22.7 Å². The van der Waals surface area contributed by atoms with Gasteiger partial charge in [0.1, 0.15) is 11.4 Å². The van der Waals surface area contributed by atoms with Gasteiger partial charge in [-0.25, -0.2) is 4.68 Å². The first-order chi connectivity index (χ1) is 13.7. The number of carbonyl (C=O) groups is 1. The van der Waals surface area contributed by atoms with Crippen molar-refractivity contribution in [3.05, 3.63) is 76.9 Å². The highest BCUT2D eigenvalue weighted by molar-refractivity contribution is 5.93. The summed E-state index contributed by atoms with van der Waals surface area (Å²) < 4.78 is 7.11. The van der Waals surface area contributed by atoms with Gasteiger partial charge in [0.2, 0.25) is 0 Å². The molecule has 0 aliphatic rings. The van der Waals surface area contributed by atoms with Gasteiger partial charge in [0.05, 0.1) is 5.39 Å². The van der Waals surface area contributed by atoms with E-state index in [4.69, 9.17) is 4.42 Å². The van der Waals surface area contributed by atoms with Crippen molar-refractivity contribution in [1.82, 2.24) is 25.3 Å². The molecule has 1 aromatic carbocycles. The third-order valence-electron chi connectivity index (χ3n) is 3.96. The molecule has 0 radical (unpaired) electrons. The van der Waals surface area contributed by atoms with Crippen LogP contribution >= 0.6 is 0 Å². The standard InChI is InChI=1S/C19H16N6O3/c26-14-12-16(28-15-5-2-1-4-13(14)15)19(27)21-10-9-20-17-6-7-18(24-23-17)25-11-3-8-22-25/h1-8,11-12H,9-10H2,(H,20,23)(H,21,27). The van der Waals surface area contributed by atoms with Crippen LogP contribution in [0.4, 0.5) is 5.82 Å². The molecule has 3 heterocycles. The number of amides is 1. The molecule has 2 N–H and O–H groups in total. The van der Waals surface area contributed by atoms with Crippen molar-refractivity contribution in [2.75, 3.05) is 18.4 Å². The molecule has 4 aromatic rings. The number of carbonyl (C=O) groups excluding carboxylic acids is 1. The minimum absolute atomic E-state index is 0.0212. The highest BCUT2D eigenvalue weighted by Crippen LogP contribution is 2.11. The molecule has 0 atom stereocenters. The van der Waals surface area contributed by atoms with Crippen molar-refractivity contribution in [2.24, 2.45) is 0 Å². The third kappa shape index (κ3) is 3.73. The Labute approximate surface area is 159 Å². The largest absolute Gasteiger partial charge is 0.451 e. The van der Waals surface area contributed by atoms with Crippen molar-refractivity contribution in [3.8, 4) is 5.82 Å². The van der Waals surface area contributed by atoms with Gasteiger partial charge in [0.25, 0.3) is 5.91 Å². The number of anilines is 1. The molecule has 0 bridgehead atoms. The number of aromatic nitrogens is 4. The molecule has 0 unspecified atom stereocenters. The summed E-state index contributed by atoms with van der Waals surface area (Å²) in [5.74, 6) is 0.703. The van der Waals surface area contributed by atoms with E-state index in [-0.39, 0.29) is 11.2 Å². The van der Waals surface area contributed by atoms with Crippen LogP contribution in [0.1, 0.15) is 10.6 Å². The van der Waals surface area contributed by atoms with Gasteiger partial charge in [0.15, 0.2) is 17.0 Å². The molecule has 140 valence electrons. The van der Waals surface area contributed by atoms with Crippen LogP contribution in [0.5, 0.6) is 0 Å². The highest BCUT2D eigenvalue weighted by atomic mass is 16.3. The van der Waals surface area contributed by atoms with Crippen molar-refractivity contribution in [2.45, 2.75) is 0 Å². The van der Waals surface area contributed by atoms with Gasteiger partial charge in [0, 0.05) is 31.5 Å². The molecule has 9 nitrogen and oxygen atoms in total. The zero-order valence-corrected chi connectivity index (χ0v) is 14.7. The van der Waals surface area contributed by atoms with Crippen molar-refractivity contribution < 1.29 is 9.21 Å². The van der Waals surface area contributed by atoms with Crippen molar-refractivity contribution in [1.29, 1.82) is 0 Å². The van der Waals surface area contributed by atoms with Crippen LogP contribution in [0.2, 0.25) is 0 Å². The molecule has 0 aliphatic heterocycles. The first kappa shape index (κ1) is 17.4. The predicted octanol–water partition coefficient (Wildman–Crippen LogP) is 1.61. The smallest absolute Gasteiger partial charge is 0.287 e. The van der Waals surface area contributed by atoms with Gasteiger partial charge >= 0.3 is 0 Å². The van der Waals surface area contributed by atoms with Crippen molar-refractivity contribution in [3.63, 3.8) is 0 Å². The molecule has 28 heavy (non-hydrogen) atoms. The first-order valence-electron chi connectivity index (χ1n) is 8.59. The van der Waals surface area contributed by atoms with E-state index in [1.165, 1.54) is 6.07 Å². The summed E-state index contributed by atoms with van der Waals surface area (Å²) >= 11 is 0.